The van der Waals surface area contributed by atoms with Crippen LogP contribution in [0.15, 0.2) is 56.4 Å². The van der Waals surface area contributed by atoms with Crippen LogP contribution in [0.25, 0.3) is 0 Å². The molecule has 0 bridgehead atoms. The molecule has 1 aliphatic rings. The summed E-state index contributed by atoms with van der Waals surface area (Å²) in [4.78, 5) is 26.6. The number of nitrogens with zero attached hydrogens (tertiary/aromatic N) is 2. The molecule has 2 amide bonds. The van der Waals surface area contributed by atoms with E-state index in [0.717, 1.165) is 10.9 Å². The standard InChI is InChI=1S/C20H24BrN3O5S/c1-23(14-19(25)22-13-16-5-4-12-29-16)20(26)18-6-2-3-11-24(18)30(27,28)17-9-7-15(21)8-10-17/h4-5,7-10,12,18H,2-3,6,11,13-14H2,1H3,(H,22,25). The van der Waals surface area contributed by atoms with Crippen molar-refractivity contribution in [1.29, 1.82) is 0 Å². The second-order valence-corrected chi connectivity index (χ2v) is 9.94. The van der Waals surface area contributed by atoms with Crippen LogP contribution in [0.4, 0.5) is 0 Å². The van der Waals surface area contributed by atoms with E-state index in [1.54, 1.807) is 24.3 Å². The smallest absolute Gasteiger partial charge is 0.243 e. The number of halogens is 1. The summed E-state index contributed by atoms with van der Waals surface area (Å²) < 4.78 is 33.5. The molecule has 8 nitrogen and oxygen atoms in total. The Labute approximate surface area is 184 Å². The fourth-order valence-electron chi connectivity index (χ4n) is 3.38. The molecule has 0 spiro atoms. The Morgan fingerprint density at radius 1 is 1.23 bits per heavy atom. The van der Waals surface area contributed by atoms with E-state index in [2.05, 4.69) is 21.2 Å². The lowest BCUT2D eigenvalue weighted by atomic mass is 10.0. The Bertz CT molecular complexity index is 976. The Hall–Kier alpha value is -2.17. The van der Waals surface area contributed by atoms with Crippen LogP contribution < -0.4 is 5.32 Å². The number of nitrogens with one attached hydrogen (secondary N) is 1. The van der Waals surface area contributed by atoms with Gasteiger partial charge in [0, 0.05) is 18.1 Å². The minimum absolute atomic E-state index is 0.143. The molecule has 162 valence electrons. The first-order valence-electron chi connectivity index (χ1n) is 9.60. The van der Waals surface area contributed by atoms with E-state index in [1.165, 1.54) is 34.6 Å². The molecular weight excluding hydrogens is 474 g/mol. The lowest BCUT2D eigenvalue weighted by molar-refractivity contribution is -0.138. The van der Waals surface area contributed by atoms with Gasteiger partial charge in [0.15, 0.2) is 0 Å². The fraction of sp³-hybridized carbons (Fsp3) is 0.400. The maximum atomic E-state index is 13.1. The van der Waals surface area contributed by atoms with E-state index in [1.807, 2.05) is 0 Å². The zero-order valence-corrected chi connectivity index (χ0v) is 19.0. The minimum atomic E-state index is -3.82. The van der Waals surface area contributed by atoms with Gasteiger partial charge in [-0.1, -0.05) is 22.4 Å². The van der Waals surface area contributed by atoms with Gasteiger partial charge in [0.25, 0.3) is 0 Å². The van der Waals surface area contributed by atoms with Gasteiger partial charge in [-0.15, -0.1) is 0 Å². The molecule has 1 unspecified atom stereocenters. The number of furan rings is 1. The molecule has 30 heavy (non-hydrogen) atoms. The van der Waals surface area contributed by atoms with Gasteiger partial charge < -0.3 is 14.6 Å². The number of sulfonamides is 1. The molecule has 1 atom stereocenters. The summed E-state index contributed by atoms with van der Waals surface area (Å²) in [5.41, 5.74) is 0. The van der Waals surface area contributed by atoms with Crippen molar-refractivity contribution in [2.24, 2.45) is 0 Å². The number of carbonyl (C=O) groups is 2. The van der Waals surface area contributed by atoms with Gasteiger partial charge in [0.05, 0.1) is 24.2 Å². The van der Waals surface area contributed by atoms with Crippen LogP contribution in [0.5, 0.6) is 0 Å². The van der Waals surface area contributed by atoms with E-state index in [9.17, 15) is 18.0 Å². The molecule has 1 fully saturated rings. The first kappa shape index (κ1) is 22.5. The Kier molecular flexibility index (Phi) is 7.32. The van der Waals surface area contributed by atoms with Crippen LogP contribution in [0, 0.1) is 0 Å². The van der Waals surface area contributed by atoms with Crippen molar-refractivity contribution in [2.75, 3.05) is 20.1 Å². The summed E-state index contributed by atoms with van der Waals surface area (Å²) in [6, 6.07) is 8.98. The van der Waals surface area contributed by atoms with E-state index >= 15 is 0 Å². The van der Waals surface area contributed by atoms with E-state index < -0.39 is 16.1 Å². The van der Waals surface area contributed by atoms with Gasteiger partial charge in [-0.3, -0.25) is 9.59 Å². The zero-order chi connectivity index (χ0) is 21.7. The summed E-state index contributed by atoms with van der Waals surface area (Å²) in [5.74, 6) is -0.125. The van der Waals surface area contributed by atoms with Crippen LogP contribution in [0.3, 0.4) is 0 Å². The van der Waals surface area contributed by atoms with Crippen LogP contribution in [-0.2, 0) is 26.2 Å². The summed E-state index contributed by atoms with van der Waals surface area (Å²) in [7, 11) is -2.31. The number of hydrogen-bond donors (Lipinski definition) is 1. The van der Waals surface area contributed by atoms with Gasteiger partial charge in [-0.2, -0.15) is 4.31 Å². The molecule has 2 heterocycles. The Morgan fingerprint density at radius 2 is 1.97 bits per heavy atom. The van der Waals surface area contributed by atoms with Crippen LogP contribution in [-0.4, -0.2) is 55.6 Å². The average Bonchev–Trinajstić information content (AvgIpc) is 3.25. The molecule has 2 aromatic rings. The largest absolute Gasteiger partial charge is 0.467 e. The third kappa shape index (κ3) is 5.30. The van der Waals surface area contributed by atoms with Gasteiger partial charge in [0.1, 0.15) is 11.8 Å². The maximum Gasteiger partial charge on any atom is 0.243 e. The number of piperidine rings is 1. The number of carbonyl (C=O) groups excluding carboxylic acids is 2. The first-order valence-corrected chi connectivity index (χ1v) is 11.8. The number of amides is 2. The van der Waals surface area contributed by atoms with Gasteiger partial charge in [-0.05, 0) is 49.2 Å². The van der Waals surface area contributed by atoms with Gasteiger partial charge in [-0.25, -0.2) is 8.42 Å². The van der Waals surface area contributed by atoms with Crippen LogP contribution in [0.1, 0.15) is 25.0 Å². The second kappa shape index (κ2) is 9.76. The lowest BCUT2D eigenvalue weighted by Gasteiger charge is -2.35. The molecule has 0 saturated carbocycles. The molecule has 1 aliphatic heterocycles. The second-order valence-electron chi connectivity index (χ2n) is 7.13. The summed E-state index contributed by atoms with van der Waals surface area (Å²) in [5, 5.41) is 2.68. The van der Waals surface area contributed by atoms with Crippen molar-refractivity contribution >= 4 is 37.8 Å². The molecule has 1 aromatic heterocycles. The highest BCUT2D eigenvalue weighted by molar-refractivity contribution is 9.10. The van der Waals surface area contributed by atoms with E-state index in [-0.39, 0.29) is 36.3 Å². The fourth-order valence-corrected chi connectivity index (χ4v) is 5.30. The molecular formula is C20H24BrN3O5S. The van der Waals surface area contributed by atoms with E-state index in [4.69, 9.17) is 4.42 Å². The lowest BCUT2D eigenvalue weighted by Crippen LogP contribution is -2.53. The third-order valence-corrected chi connectivity index (χ3v) is 7.41. The highest BCUT2D eigenvalue weighted by atomic mass is 79.9. The Balaban J connectivity index is 1.67. The van der Waals surface area contributed by atoms with Crippen molar-refractivity contribution in [3.05, 3.63) is 52.9 Å². The van der Waals surface area contributed by atoms with Crippen molar-refractivity contribution in [1.82, 2.24) is 14.5 Å². The number of likely N-dealkylation sites (N-methyl/N-ethyl adjacent to an activating group) is 1. The quantitative estimate of drug-likeness (QED) is 0.632. The monoisotopic (exact) mass is 497 g/mol. The van der Waals surface area contributed by atoms with Crippen molar-refractivity contribution in [3.63, 3.8) is 0 Å². The highest BCUT2D eigenvalue weighted by Gasteiger charge is 2.39. The number of hydrogen-bond acceptors (Lipinski definition) is 5. The van der Waals surface area contributed by atoms with Crippen molar-refractivity contribution in [2.45, 2.75) is 36.7 Å². The zero-order valence-electron chi connectivity index (χ0n) is 16.6. The molecule has 1 saturated heterocycles. The first-order chi connectivity index (χ1) is 14.3. The SMILES string of the molecule is CN(CC(=O)NCc1ccco1)C(=O)C1CCCCN1S(=O)(=O)c1ccc(Br)cc1. The van der Waals surface area contributed by atoms with Crippen molar-refractivity contribution in [3.8, 4) is 0 Å². The molecule has 0 aliphatic carbocycles. The predicted octanol–water partition coefficient (Wildman–Crippen LogP) is 2.36. The topological polar surface area (TPSA) is 99.9 Å². The highest BCUT2D eigenvalue weighted by Crippen LogP contribution is 2.27. The van der Waals surface area contributed by atoms with Crippen LogP contribution >= 0.6 is 15.9 Å². The molecule has 10 heteroatoms. The summed E-state index contributed by atoms with van der Waals surface area (Å²) in [6.07, 6.45) is 3.38. The predicted molar refractivity (Wildman–Crippen MR) is 114 cm³/mol. The number of benzene rings is 1. The van der Waals surface area contributed by atoms with Crippen molar-refractivity contribution < 1.29 is 22.4 Å². The Morgan fingerprint density at radius 3 is 2.63 bits per heavy atom. The van der Waals surface area contributed by atoms with E-state index in [0.29, 0.717) is 18.6 Å². The van der Waals surface area contributed by atoms with Crippen LogP contribution in [0.2, 0.25) is 0 Å². The van der Waals surface area contributed by atoms with Gasteiger partial charge >= 0.3 is 0 Å². The molecule has 1 N–H and O–H groups in total. The molecule has 1 aromatic carbocycles. The van der Waals surface area contributed by atoms with Gasteiger partial charge in [0.2, 0.25) is 21.8 Å². The number of rotatable bonds is 7. The minimum Gasteiger partial charge on any atom is -0.467 e. The third-order valence-electron chi connectivity index (χ3n) is 4.96. The summed E-state index contributed by atoms with van der Waals surface area (Å²) in [6.45, 7) is 0.330. The maximum absolute atomic E-state index is 13.1. The summed E-state index contributed by atoms with van der Waals surface area (Å²) >= 11 is 3.30. The normalized spacial score (nSPS) is 17.5. The molecule has 0 radical (unpaired) electrons. The average molecular weight is 498 g/mol. The molecule has 3 rings (SSSR count).